The predicted octanol–water partition coefficient (Wildman–Crippen LogP) is 4.16. The first-order valence-corrected chi connectivity index (χ1v) is 9.72. The van der Waals surface area contributed by atoms with Crippen LogP contribution in [-0.2, 0) is 4.79 Å². The molecule has 1 aromatic heterocycles. The molecule has 0 spiro atoms. The standard InChI is InChI=1S/C21H20ClN5O2/c22-15-4-6-17(7-5-15)25-21(29)26-13-1-3-19(26)20(28)24-16-8-10-18(11-9-16)27-14-2-12-23-27/h2,4-12,14,19H,1,3,13H2,(H,24,28)(H,25,29)/t19-/m1/s1. The van der Waals surface area contributed by atoms with E-state index in [9.17, 15) is 9.59 Å². The first kappa shape index (κ1) is 19.0. The van der Waals surface area contributed by atoms with Gasteiger partial charge in [0.25, 0.3) is 0 Å². The lowest BCUT2D eigenvalue weighted by Crippen LogP contribution is -2.45. The highest BCUT2D eigenvalue weighted by Gasteiger charge is 2.34. The van der Waals surface area contributed by atoms with Crippen molar-refractivity contribution in [2.24, 2.45) is 0 Å². The highest BCUT2D eigenvalue weighted by molar-refractivity contribution is 6.30. The van der Waals surface area contributed by atoms with Crippen molar-refractivity contribution in [3.8, 4) is 5.69 Å². The topological polar surface area (TPSA) is 79.3 Å². The molecule has 8 heteroatoms. The van der Waals surface area contributed by atoms with E-state index in [4.69, 9.17) is 11.6 Å². The van der Waals surface area contributed by atoms with Crippen LogP contribution in [0.3, 0.4) is 0 Å². The molecule has 1 atom stereocenters. The molecule has 0 bridgehead atoms. The fourth-order valence-corrected chi connectivity index (χ4v) is 3.48. The number of nitrogens with zero attached hydrogens (tertiary/aromatic N) is 3. The minimum absolute atomic E-state index is 0.194. The molecule has 0 aliphatic carbocycles. The van der Waals surface area contributed by atoms with Crippen molar-refractivity contribution in [2.75, 3.05) is 17.2 Å². The summed E-state index contributed by atoms with van der Waals surface area (Å²) in [6, 6.07) is 15.3. The molecule has 4 rings (SSSR count). The first-order chi connectivity index (χ1) is 14.1. The fraction of sp³-hybridized carbons (Fsp3) is 0.190. The highest BCUT2D eigenvalue weighted by Crippen LogP contribution is 2.22. The summed E-state index contributed by atoms with van der Waals surface area (Å²) in [5.74, 6) is -0.194. The summed E-state index contributed by atoms with van der Waals surface area (Å²) in [6.07, 6.45) is 4.97. The van der Waals surface area contributed by atoms with Crippen LogP contribution >= 0.6 is 11.6 Å². The average molecular weight is 410 g/mol. The molecule has 0 unspecified atom stereocenters. The third-order valence-electron chi connectivity index (χ3n) is 4.82. The van der Waals surface area contributed by atoms with E-state index < -0.39 is 6.04 Å². The van der Waals surface area contributed by atoms with Gasteiger partial charge in [-0.3, -0.25) is 4.79 Å². The molecule has 0 radical (unpaired) electrons. The molecule has 1 fully saturated rings. The second kappa shape index (κ2) is 8.36. The van der Waals surface area contributed by atoms with Crippen molar-refractivity contribution in [2.45, 2.75) is 18.9 Å². The molecule has 29 heavy (non-hydrogen) atoms. The summed E-state index contributed by atoms with van der Waals surface area (Å²) in [5.41, 5.74) is 2.22. The Morgan fingerprint density at radius 2 is 1.69 bits per heavy atom. The van der Waals surface area contributed by atoms with Gasteiger partial charge >= 0.3 is 6.03 Å². The molecule has 148 valence electrons. The number of carbonyl (C=O) groups excluding carboxylic acids is 2. The Labute approximate surface area is 173 Å². The van der Waals surface area contributed by atoms with E-state index in [0.717, 1.165) is 12.1 Å². The van der Waals surface area contributed by atoms with Crippen molar-refractivity contribution < 1.29 is 9.59 Å². The van der Waals surface area contributed by atoms with E-state index in [-0.39, 0.29) is 11.9 Å². The quantitative estimate of drug-likeness (QED) is 0.679. The van der Waals surface area contributed by atoms with Gasteiger partial charge in [0.05, 0.1) is 5.69 Å². The minimum atomic E-state index is -0.506. The molecule has 3 aromatic rings. The number of urea groups is 1. The number of hydrogen-bond donors (Lipinski definition) is 2. The molecule has 7 nitrogen and oxygen atoms in total. The summed E-state index contributed by atoms with van der Waals surface area (Å²) in [4.78, 5) is 27.0. The van der Waals surface area contributed by atoms with Gasteiger partial charge in [0.15, 0.2) is 0 Å². The number of carbonyl (C=O) groups is 2. The molecule has 1 aliphatic rings. The maximum Gasteiger partial charge on any atom is 0.322 e. The number of hydrogen-bond acceptors (Lipinski definition) is 3. The summed E-state index contributed by atoms with van der Waals surface area (Å²) >= 11 is 5.87. The lowest BCUT2D eigenvalue weighted by molar-refractivity contribution is -0.119. The maximum atomic E-state index is 12.8. The van der Waals surface area contributed by atoms with Gasteiger partial charge in [-0.25, -0.2) is 9.48 Å². The normalized spacial score (nSPS) is 15.9. The van der Waals surface area contributed by atoms with Crippen LogP contribution in [0.15, 0.2) is 67.0 Å². The smallest absolute Gasteiger partial charge is 0.322 e. The van der Waals surface area contributed by atoms with Crippen LogP contribution in [-0.4, -0.2) is 39.2 Å². The van der Waals surface area contributed by atoms with Crippen LogP contribution in [0.5, 0.6) is 0 Å². The monoisotopic (exact) mass is 409 g/mol. The van der Waals surface area contributed by atoms with E-state index in [1.807, 2.05) is 36.5 Å². The second-order valence-corrected chi connectivity index (χ2v) is 7.21. The number of halogens is 1. The van der Waals surface area contributed by atoms with Gasteiger partial charge in [-0.05, 0) is 67.4 Å². The molecular formula is C21H20ClN5O2. The Hall–Kier alpha value is -3.32. The molecule has 0 saturated carbocycles. The Balaban J connectivity index is 1.39. The largest absolute Gasteiger partial charge is 0.324 e. The summed E-state index contributed by atoms with van der Waals surface area (Å²) in [7, 11) is 0. The van der Waals surface area contributed by atoms with Gasteiger partial charge in [0.2, 0.25) is 5.91 Å². The van der Waals surface area contributed by atoms with Crippen molar-refractivity contribution in [1.82, 2.24) is 14.7 Å². The van der Waals surface area contributed by atoms with Crippen molar-refractivity contribution in [3.05, 3.63) is 72.0 Å². The minimum Gasteiger partial charge on any atom is -0.324 e. The predicted molar refractivity (Wildman–Crippen MR) is 112 cm³/mol. The third kappa shape index (κ3) is 4.41. The second-order valence-electron chi connectivity index (χ2n) is 6.78. The SMILES string of the molecule is O=C(Nc1ccc(-n2cccn2)cc1)[C@H]1CCCN1C(=O)Nc1ccc(Cl)cc1. The number of likely N-dealkylation sites (tertiary alicyclic amines) is 1. The zero-order chi connectivity index (χ0) is 20.2. The van der Waals surface area contributed by atoms with E-state index in [2.05, 4.69) is 15.7 Å². The van der Waals surface area contributed by atoms with E-state index in [0.29, 0.717) is 29.4 Å². The molecule has 1 aliphatic heterocycles. The van der Waals surface area contributed by atoms with Crippen LogP contribution in [0.1, 0.15) is 12.8 Å². The maximum absolute atomic E-state index is 12.8. The zero-order valence-corrected chi connectivity index (χ0v) is 16.3. The van der Waals surface area contributed by atoms with Gasteiger partial charge in [-0.2, -0.15) is 5.10 Å². The number of anilines is 2. The molecule has 2 aromatic carbocycles. The Kier molecular flexibility index (Phi) is 5.48. The zero-order valence-electron chi connectivity index (χ0n) is 15.6. The lowest BCUT2D eigenvalue weighted by Gasteiger charge is -2.24. The number of amides is 3. The highest BCUT2D eigenvalue weighted by atomic mass is 35.5. The number of aromatic nitrogens is 2. The number of benzene rings is 2. The van der Waals surface area contributed by atoms with Crippen molar-refractivity contribution >= 4 is 34.9 Å². The Bertz CT molecular complexity index is 987. The molecule has 3 amide bonds. The number of nitrogens with one attached hydrogen (secondary N) is 2. The molecular weight excluding hydrogens is 390 g/mol. The van der Waals surface area contributed by atoms with Crippen LogP contribution in [0.2, 0.25) is 5.02 Å². The summed E-state index contributed by atoms with van der Waals surface area (Å²) in [5, 5.41) is 10.5. The van der Waals surface area contributed by atoms with Gasteiger partial charge < -0.3 is 15.5 Å². The van der Waals surface area contributed by atoms with Crippen LogP contribution < -0.4 is 10.6 Å². The molecule has 1 saturated heterocycles. The van der Waals surface area contributed by atoms with E-state index in [1.165, 1.54) is 0 Å². The van der Waals surface area contributed by atoms with Gasteiger partial charge in [0.1, 0.15) is 6.04 Å². The van der Waals surface area contributed by atoms with Crippen molar-refractivity contribution in [1.29, 1.82) is 0 Å². The number of rotatable bonds is 4. The van der Waals surface area contributed by atoms with Crippen molar-refractivity contribution in [3.63, 3.8) is 0 Å². The van der Waals surface area contributed by atoms with Gasteiger partial charge in [0, 0.05) is 35.3 Å². The lowest BCUT2D eigenvalue weighted by atomic mass is 10.2. The van der Waals surface area contributed by atoms with Gasteiger partial charge in [-0.15, -0.1) is 0 Å². The summed E-state index contributed by atoms with van der Waals surface area (Å²) < 4.78 is 1.74. The van der Waals surface area contributed by atoms with Crippen LogP contribution in [0, 0.1) is 0 Å². The van der Waals surface area contributed by atoms with E-state index in [1.54, 1.807) is 40.0 Å². The average Bonchev–Trinajstić information content (AvgIpc) is 3.42. The Morgan fingerprint density at radius 1 is 1.00 bits per heavy atom. The first-order valence-electron chi connectivity index (χ1n) is 9.34. The molecule has 2 heterocycles. The van der Waals surface area contributed by atoms with Crippen LogP contribution in [0.25, 0.3) is 5.69 Å². The Morgan fingerprint density at radius 3 is 2.38 bits per heavy atom. The molecule has 2 N–H and O–H groups in total. The van der Waals surface area contributed by atoms with E-state index >= 15 is 0 Å². The fourth-order valence-electron chi connectivity index (χ4n) is 3.36. The summed E-state index contributed by atoms with van der Waals surface area (Å²) in [6.45, 7) is 0.537. The van der Waals surface area contributed by atoms with Gasteiger partial charge in [-0.1, -0.05) is 11.6 Å². The van der Waals surface area contributed by atoms with Crippen LogP contribution in [0.4, 0.5) is 16.2 Å². The third-order valence-corrected chi connectivity index (χ3v) is 5.07.